The lowest BCUT2D eigenvalue weighted by Crippen LogP contribution is -2.37. The van der Waals surface area contributed by atoms with E-state index in [0.717, 1.165) is 18.4 Å². The Hall–Kier alpha value is -2.63. The summed E-state index contributed by atoms with van der Waals surface area (Å²) in [5.74, 6) is 0.0122. The molecule has 0 radical (unpaired) electrons. The molecule has 0 spiro atoms. The molecule has 25 heavy (non-hydrogen) atoms. The van der Waals surface area contributed by atoms with Crippen LogP contribution in [0.25, 0.3) is 16.7 Å². The number of carbonyl (C=O) groups is 1. The van der Waals surface area contributed by atoms with Crippen LogP contribution in [0, 0.1) is 0 Å². The summed E-state index contributed by atoms with van der Waals surface area (Å²) in [6.07, 6.45) is 9.58. The fraction of sp³-hybridized carbons (Fsp3) is 0.421. The van der Waals surface area contributed by atoms with Crippen molar-refractivity contribution in [3.05, 3.63) is 47.0 Å². The van der Waals surface area contributed by atoms with Crippen LogP contribution in [0.1, 0.15) is 38.5 Å². The van der Waals surface area contributed by atoms with E-state index in [2.05, 4.69) is 10.3 Å². The molecule has 0 bridgehead atoms. The highest BCUT2D eigenvalue weighted by Gasteiger charge is 2.17. The third-order valence-corrected chi connectivity index (χ3v) is 5.03. The molecule has 1 N–H and O–H groups in total. The van der Waals surface area contributed by atoms with E-state index in [-0.39, 0.29) is 11.5 Å². The topological polar surface area (TPSA) is 68.4 Å². The minimum Gasteiger partial charge on any atom is -0.353 e. The summed E-state index contributed by atoms with van der Waals surface area (Å²) in [7, 11) is 0. The number of amides is 1. The van der Waals surface area contributed by atoms with Crippen molar-refractivity contribution < 1.29 is 4.79 Å². The first-order valence-corrected chi connectivity index (χ1v) is 8.98. The predicted molar refractivity (Wildman–Crippen MR) is 96.6 cm³/mol. The van der Waals surface area contributed by atoms with Gasteiger partial charge in [0.2, 0.25) is 5.91 Å². The lowest BCUT2D eigenvalue weighted by Gasteiger charge is -2.22. The zero-order chi connectivity index (χ0) is 17.2. The van der Waals surface area contributed by atoms with Crippen LogP contribution < -0.4 is 10.9 Å². The van der Waals surface area contributed by atoms with E-state index in [9.17, 15) is 9.59 Å². The van der Waals surface area contributed by atoms with Gasteiger partial charge in [0.25, 0.3) is 5.56 Å². The van der Waals surface area contributed by atoms with Crippen molar-refractivity contribution in [2.75, 3.05) is 0 Å². The molecule has 6 nitrogen and oxygen atoms in total. The van der Waals surface area contributed by atoms with Gasteiger partial charge in [0.1, 0.15) is 5.52 Å². The number of aryl methyl sites for hydroxylation is 1. The van der Waals surface area contributed by atoms with Gasteiger partial charge in [-0.1, -0.05) is 19.3 Å². The molecule has 1 saturated carbocycles. The number of hydrogen-bond acceptors (Lipinski definition) is 3. The monoisotopic (exact) mass is 338 g/mol. The van der Waals surface area contributed by atoms with Gasteiger partial charge < -0.3 is 9.72 Å². The second-order valence-corrected chi connectivity index (χ2v) is 6.72. The van der Waals surface area contributed by atoms with Crippen molar-refractivity contribution in [3.8, 4) is 0 Å². The highest BCUT2D eigenvalue weighted by Crippen LogP contribution is 2.17. The summed E-state index contributed by atoms with van der Waals surface area (Å²) >= 11 is 0. The Bertz CT molecular complexity index is 966. The van der Waals surface area contributed by atoms with E-state index in [1.54, 1.807) is 16.8 Å². The normalized spacial score (nSPS) is 15.7. The fourth-order valence-electron chi connectivity index (χ4n) is 3.75. The highest BCUT2D eigenvalue weighted by atomic mass is 16.2. The van der Waals surface area contributed by atoms with Gasteiger partial charge >= 0.3 is 0 Å². The van der Waals surface area contributed by atoms with Gasteiger partial charge in [0, 0.05) is 31.4 Å². The lowest BCUT2D eigenvalue weighted by molar-refractivity contribution is -0.122. The summed E-state index contributed by atoms with van der Waals surface area (Å²) in [6.45, 7) is 0.340. The van der Waals surface area contributed by atoms with Crippen LogP contribution in [0.4, 0.5) is 0 Å². The number of rotatable bonds is 4. The number of hydrogen-bond donors (Lipinski definition) is 1. The van der Waals surface area contributed by atoms with E-state index >= 15 is 0 Å². The third kappa shape index (κ3) is 3.04. The van der Waals surface area contributed by atoms with E-state index < -0.39 is 0 Å². The molecule has 4 rings (SSSR count). The Morgan fingerprint density at radius 1 is 1.16 bits per heavy atom. The molecule has 0 saturated heterocycles. The van der Waals surface area contributed by atoms with Crippen molar-refractivity contribution in [3.63, 3.8) is 0 Å². The molecular weight excluding hydrogens is 316 g/mol. The van der Waals surface area contributed by atoms with Gasteiger partial charge in [-0.05, 0) is 37.1 Å². The van der Waals surface area contributed by atoms with Gasteiger partial charge in [0.15, 0.2) is 5.65 Å². The molecule has 1 amide bonds. The SMILES string of the molecule is O=C(CCn1c(=O)c2cccn2c2cccnc21)NC1CCCCC1. The molecule has 3 aromatic heterocycles. The second kappa shape index (κ2) is 6.70. The van der Waals surface area contributed by atoms with E-state index in [1.165, 1.54) is 19.3 Å². The third-order valence-electron chi connectivity index (χ3n) is 5.03. The number of nitrogens with zero attached hydrogens (tertiary/aromatic N) is 3. The molecule has 130 valence electrons. The molecular formula is C19H22N4O2. The van der Waals surface area contributed by atoms with E-state index in [0.29, 0.717) is 30.2 Å². The van der Waals surface area contributed by atoms with Gasteiger partial charge in [0.05, 0.1) is 5.52 Å². The van der Waals surface area contributed by atoms with E-state index in [1.807, 2.05) is 28.8 Å². The first-order chi connectivity index (χ1) is 12.2. The highest BCUT2D eigenvalue weighted by molar-refractivity contribution is 5.77. The van der Waals surface area contributed by atoms with Gasteiger partial charge in [-0.3, -0.25) is 14.2 Å². The van der Waals surface area contributed by atoms with Gasteiger partial charge in [-0.25, -0.2) is 4.98 Å². The zero-order valence-electron chi connectivity index (χ0n) is 14.1. The Kier molecular flexibility index (Phi) is 4.26. The molecule has 3 heterocycles. The number of pyridine rings is 1. The van der Waals surface area contributed by atoms with Crippen LogP contribution in [0.15, 0.2) is 41.5 Å². The van der Waals surface area contributed by atoms with Crippen LogP contribution in [-0.2, 0) is 11.3 Å². The van der Waals surface area contributed by atoms with Crippen molar-refractivity contribution in [1.82, 2.24) is 19.3 Å². The Balaban J connectivity index is 1.59. The Morgan fingerprint density at radius 3 is 2.80 bits per heavy atom. The Morgan fingerprint density at radius 2 is 1.96 bits per heavy atom. The van der Waals surface area contributed by atoms with Crippen LogP contribution in [0.3, 0.4) is 0 Å². The maximum absolute atomic E-state index is 12.8. The molecule has 1 fully saturated rings. The zero-order valence-corrected chi connectivity index (χ0v) is 14.1. The fourth-order valence-corrected chi connectivity index (χ4v) is 3.75. The standard InChI is InChI=1S/C19H22N4O2/c24-17(21-14-6-2-1-3-7-14)10-13-23-18-15(8-4-11-20-18)22-12-5-9-16(22)19(23)25/h4-5,8-9,11-12,14H,1-3,6-7,10,13H2,(H,21,24). The molecule has 1 aliphatic rings. The van der Waals surface area contributed by atoms with Crippen molar-refractivity contribution >= 4 is 22.6 Å². The minimum absolute atomic E-state index is 0.0122. The first-order valence-electron chi connectivity index (χ1n) is 8.98. The Labute approximate surface area is 145 Å². The first kappa shape index (κ1) is 15.9. The number of fused-ring (bicyclic) bond motifs is 3. The van der Waals surface area contributed by atoms with Gasteiger partial charge in [-0.2, -0.15) is 0 Å². The molecule has 6 heteroatoms. The predicted octanol–water partition coefficient (Wildman–Crippen LogP) is 2.49. The van der Waals surface area contributed by atoms with Crippen LogP contribution in [0.2, 0.25) is 0 Å². The van der Waals surface area contributed by atoms with Crippen LogP contribution in [0.5, 0.6) is 0 Å². The average Bonchev–Trinajstić information content (AvgIpc) is 3.13. The number of nitrogens with one attached hydrogen (secondary N) is 1. The van der Waals surface area contributed by atoms with Crippen LogP contribution >= 0.6 is 0 Å². The molecule has 3 aromatic rings. The lowest BCUT2D eigenvalue weighted by atomic mass is 9.95. The quantitative estimate of drug-likeness (QED) is 0.795. The summed E-state index contributed by atoms with van der Waals surface area (Å²) in [5, 5.41) is 3.11. The molecule has 0 unspecified atom stereocenters. The molecule has 1 aliphatic carbocycles. The van der Waals surface area contributed by atoms with Crippen molar-refractivity contribution in [1.29, 1.82) is 0 Å². The molecule has 0 aliphatic heterocycles. The van der Waals surface area contributed by atoms with Crippen molar-refractivity contribution in [2.45, 2.75) is 51.1 Å². The summed E-state index contributed by atoms with van der Waals surface area (Å²) in [5.41, 5.74) is 1.98. The second-order valence-electron chi connectivity index (χ2n) is 6.72. The van der Waals surface area contributed by atoms with Crippen molar-refractivity contribution in [2.24, 2.45) is 0 Å². The summed E-state index contributed by atoms with van der Waals surface area (Å²) in [6, 6.07) is 7.73. The summed E-state index contributed by atoms with van der Waals surface area (Å²) < 4.78 is 3.47. The number of carbonyl (C=O) groups excluding carboxylic acids is 1. The van der Waals surface area contributed by atoms with Crippen LogP contribution in [-0.4, -0.2) is 25.9 Å². The van der Waals surface area contributed by atoms with Gasteiger partial charge in [-0.15, -0.1) is 0 Å². The average molecular weight is 338 g/mol. The molecule has 0 atom stereocenters. The largest absolute Gasteiger partial charge is 0.353 e. The minimum atomic E-state index is -0.110. The summed E-state index contributed by atoms with van der Waals surface area (Å²) in [4.78, 5) is 29.4. The molecule has 0 aromatic carbocycles. The van der Waals surface area contributed by atoms with E-state index in [4.69, 9.17) is 0 Å². The smallest absolute Gasteiger partial charge is 0.276 e. The maximum Gasteiger partial charge on any atom is 0.276 e. The number of aromatic nitrogens is 3. The maximum atomic E-state index is 12.8.